The summed E-state index contributed by atoms with van der Waals surface area (Å²) in [7, 11) is 0. The molecule has 2 rings (SSSR count). The minimum atomic E-state index is -1.27. The number of carbonyl (C=O) groups is 2. The Morgan fingerprint density at radius 1 is 1.24 bits per heavy atom. The number of aromatic nitrogens is 1. The van der Waals surface area contributed by atoms with Crippen LogP contribution in [-0.2, 0) is 0 Å². The average molecular weight is 288 g/mol. The zero-order chi connectivity index (χ0) is 15.7. The van der Waals surface area contributed by atoms with E-state index in [0.717, 1.165) is 10.6 Å². The van der Waals surface area contributed by atoms with Crippen molar-refractivity contribution in [3.05, 3.63) is 57.4 Å². The van der Waals surface area contributed by atoms with Gasteiger partial charge < -0.3 is 15.9 Å². The first-order valence-electron chi connectivity index (χ1n) is 5.92. The molecule has 0 atom stereocenters. The van der Waals surface area contributed by atoms with E-state index in [4.69, 9.17) is 10.8 Å². The van der Waals surface area contributed by atoms with Crippen molar-refractivity contribution in [2.45, 2.75) is 6.92 Å². The van der Waals surface area contributed by atoms with Crippen LogP contribution in [0.5, 0.6) is 5.88 Å². The molecule has 1 heterocycles. The van der Waals surface area contributed by atoms with Crippen LogP contribution in [0.15, 0.2) is 35.1 Å². The first-order chi connectivity index (χ1) is 9.84. The van der Waals surface area contributed by atoms with Crippen molar-refractivity contribution in [3.63, 3.8) is 0 Å². The zero-order valence-electron chi connectivity index (χ0n) is 11.0. The monoisotopic (exact) mass is 288 g/mol. The summed E-state index contributed by atoms with van der Waals surface area (Å²) < 4.78 is 0.747. The number of aryl methyl sites for hydroxylation is 1. The predicted molar refractivity (Wildman–Crippen MR) is 73.9 cm³/mol. The fraction of sp³-hybridized carbons (Fsp3) is 0.0714. The second kappa shape index (κ2) is 5.12. The van der Waals surface area contributed by atoms with E-state index in [1.165, 1.54) is 31.2 Å². The summed E-state index contributed by atoms with van der Waals surface area (Å²) in [6, 6.07) is 6.74. The standard InChI is InChI=1S/C14H12N2O5/c1-7-6-10(17)16(13(19)11(7)12(15)18)9-5-3-2-4-8(9)14(20)21/h2-6,19H,1H3,(H2,15,18)(H,20,21). The van der Waals surface area contributed by atoms with Crippen molar-refractivity contribution in [1.82, 2.24) is 4.57 Å². The lowest BCUT2D eigenvalue weighted by molar-refractivity contribution is 0.0696. The van der Waals surface area contributed by atoms with Crippen LogP contribution in [0.4, 0.5) is 0 Å². The highest BCUT2D eigenvalue weighted by atomic mass is 16.4. The van der Waals surface area contributed by atoms with Crippen LogP contribution in [0.25, 0.3) is 5.69 Å². The SMILES string of the molecule is Cc1cc(=O)n(-c2ccccc2C(=O)O)c(O)c1C(N)=O. The van der Waals surface area contributed by atoms with Gasteiger partial charge >= 0.3 is 5.97 Å². The number of para-hydroxylation sites is 1. The van der Waals surface area contributed by atoms with Crippen molar-refractivity contribution >= 4 is 11.9 Å². The number of nitrogens with two attached hydrogens (primary N) is 1. The average Bonchev–Trinajstić information content (AvgIpc) is 2.37. The summed E-state index contributed by atoms with van der Waals surface area (Å²) in [5.74, 6) is -2.86. The largest absolute Gasteiger partial charge is 0.494 e. The molecule has 1 aromatic carbocycles. The molecular formula is C14H12N2O5. The number of hydrogen-bond donors (Lipinski definition) is 3. The number of aromatic carboxylic acids is 1. The number of hydrogen-bond acceptors (Lipinski definition) is 4. The number of benzene rings is 1. The molecule has 2 aromatic rings. The molecule has 0 radical (unpaired) electrons. The van der Waals surface area contributed by atoms with Crippen molar-refractivity contribution in [2.24, 2.45) is 5.73 Å². The lowest BCUT2D eigenvalue weighted by atomic mass is 10.1. The number of pyridine rings is 1. The van der Waals surface area contributed by atoms with E-state index in [2.05, 4.69) is 0 Å². The molecule has 0 spiro atoms. The minimum Gasteiger partial charge on any atom is -0.494 e. The summed E-state index contributed by atoms with van der Waals surface area (Å²) in [5.41, 5.74) is 4.27. The van der Waals surface area contributed by atoms with Crippen LogP contribution in [0.1, 0.15) is 26.3 Å². The summed E-state index contributed by atoms with van der Waals surface area (Å²) in [6.07, 6.45) is 0. The van der Waals surface area contributed by atoms with Gasteiger partial charge in [0.15, 0.2) is 0 Å². The van der Waals surface area contributed by atoms with Crippen molar-refractivity contribution < 1.29 is 19.8 Å². The first-order valence-corrected chi connectivity index (χ1v) is 5.92. The number of carboxylic acid groups (broad SMARTS) is 1. The Balaban J connectivity index is 2.89. The molecule has 7 nitrogen and oxygen atoms in total. The second-order valence-corrected chi connectivity index (χ2v) is 4.39. The predicted octanol–water partition coefficient (Wildman–Crippen LogP) is 0.649. The van der Waals surface area contributed by atoms with Crippen LogP contribution < -0.4 is 11.3 Å². The molecule has 1 amide bonds. The number of primary amides is 1. The number of amides is 1. The highest BCUT2D eigenvalue weighted by Gasteiger charge is 2.21. The zero-order valence-corrected chi connectivity index (χ0v) is 11.0. The molecule has 108 valence electrons. The molecule has 0 aliphatic heterocycles. The van der Waals surface area contributed by atoms with Crippen molar-refractivity contribution in [1.29, 1.82) is 0 Å². The second-order valence-electron chi connectivity index (χ2n) is 4.39. The third-order valence-electron chi connectivity index (χ3n) is 3.01. The van der Waals surface area contributed by atoms with Crippen molar-refractivity contribution in [3.8, 4) is 11.6 Å². The lowest BCUT2D eigenvalue weighted by Gasteiger charge is -2.14. The molecule has 0 bridgehead atoms. The van der Waals surface area contributed by atoms with E-state index >= 15 is 0 Å². The molecule has 0 saturated heterocycles. The van der Waals surface area contributed by atoms with Gasteiger partial charge in [-0.2, -0.15) is 0 Å². The molecule has 0 aliphatic carbocycles. The van der Waals surface area contributed by atoms with Crippen LogP contribution in [0.2, 0.25) is 0 Å². The van der Waals surface area contributed by atoms with Gasteiger partial charge in [-0.15, -0.1) is 0 Å². The third-order valence-corrected chi connectivity index (χ3v) is 3.01. The van der Waals surface area contributed by atoms with Crippen LogP contribution in [0, 0.1) is 6.92 Å². The van der Waals surface area contributed by atoms with Gasteiger partial charge in [-0.3, -0.25) is 9.59 Å². The van der Waals surface area contributed by atoms with E-state index in [1.807, 2.05) is 0 Å². The molecule has 0 aliphatic rings. The number of carboxylic acids is 1. The van der Waals surface area contributed by atoms with Crippen LogP contribution in [0.3, 0.4) is 0 Å². The van der Waals surface area contributed by atoms with E-state index < -0.39 is 23.3 Å². The van der Waals surface area contributed by atoms with E-state index in [9.17, 15) is 19.5 Å². The highest BCUT2D eigenvalue weighted by Crippen LogP contribution is 2.23. The fourth-order valence-electron chi connectivity index (χ4n) is 2.10. The van der Waals surface area contributed by atoms with Crippen LogP contribution >= 0.6 is 0 Å². The third kappa shape index (κ3) is 2.36. The van der Waals surface area contributed by atoms with Gasteiger partial charge in [0.05, 0.1) is 11.3 Å². The molecule has 1 aromatic heterocycles. The van der Waals surface area contributed by atoms with Gasteiger partial charge in [0.1, 0.15) is 5.56 Å². The summed E-state index contributed by atoms with van der Waals surface area (Å²) in [6.45, 7) is 1.45. The minimum absolute atomic E-state index is 0.0463. The molecule has 4 N–H and O–H groups in total. The number of nitrogens with zero attached hydrogens (tertiary/aromatic N) is 1. The molecule has 0 unspecified atom stereocenters. The number of aromatic hydroxyl groups is 1. The Hall–Kier alpha value is -3.09. The molecule has 0 fully saturated rings. The highest BCUT2D eigenvalue weighted by molar-refractivity contribution is 5.97. The maximum absolute atomic E-state index is 12.1. The van der Waals surface area contributed by atoms with Gasteiger partial charge in [-0.25, -0.2) is 9.36 Å². The first kappa shape index (κ1) is 14.3. The Kier molecular flexibility index (Phi) is 3.49. The van der Waals surface area contributed by atoms with E-state index in [0.29, 0.717) is 0 Å². The van der Waals surface area contributed by atoms with Gasteiger partial charge in [-0.1, -0.05) is 12.1 Å². The van der Waals surface area contributed by atoms with Gasteiger partial charge in [0, 0.05) is 6.07 Å². The quantitative estimate of drug-likeness (QED) is 0.765. The van der Waals surface area contributed by atoms with Gasteiger partial charge in [0.2, 0.25) is 5.88 Å². The molecular weight excluding hydrogens is 276 g/mol. The molecule has 21 heavy (non-hydrogen) atoms. The topological polar surface area (TPSA) is 123 Å². The summed E-state index contributed by atoms with van der Waals surface area (Å²) >= 11 is 0. The smallest absolute Gasteiger partial charge is 0.337 e. The van der Waals surface area contributed by atoms with E-state index in [1.54, 1.807) is 0 Å². The summed E-state index contributed by atoms with van der Waals surface area (Å²) in [5, 5.41) is 19.3. The Morgan fingerprint density at radius 2 is 1.86 bits per heavy atom. The lowest BCUT2D eigenvalue weighted by Crippen LogP contribution is -2.25. The molecule has 7 heteroatoms. The number of rotatable bonds is 3. The van der Waals surface area contributed by atoms with Crippen molar-refractivity contribution in [2.75, 3.05) is 0 Å². The fourth-order valence-corrected chi connectivity index (χ4v) is 2.10. The maximum atomic E-state index is 12.1. The Bertz CT molecular complexity index is 807. The maximum Gasteiger partial charge on any atom is 0.337 e. The van der Waals surface area contributed by atoms with E-state index in [-0.39, 0.29) is 22.4 Å². The Labute approximate surface area is 118 Å². The van der Waals surface area contributed by atoms with Crippen LogP contribution in [-0.4, -0.2) is 26.7 Å². The molecule has 0 saturated carbocycles. The Morgan fingerprint density at radius 3 is 2.43 bits per heavy atom. The van der Waals surface area contributed by atoms with Gasteiger partial charge in [-0.05, 0) is 24.6 Å². The number of carbonyl (C=O) groups excluding carboxylic acids is 1. The summed E-state index contributed by atoms with van der Waals surface area (Å²) in [4.78, 5) is 34.7. The van der Waals surface area contributed by atoms with Gasteiger partial charge in [0.25, 0.3) is 11.5 Å². The normalized spacial score (nSPS) is 10.3.